The van der Waals surface area contributed by atoms with E-state index in [-0.39, 0.29) is 6.10 Å². The van der Waals surface area contributed by atoms with Crippen LogP contribution in [0.3, 0.4) is 0 Å². The molecule has 0 aliphatic carbocycles. The molecule has 0 amide bonds. The van der Waals surface area contributed by atoms with Crippen molar-refractivity contribution < 1.29 is 9.52 Å². The van der Waals surface area contributed by atoms with E-state index in [9.17, 15) is 5.11 Å². The van der Waals surface area contributed by atoms with Gasteiger partial charge in [0, 0.05) is 56.1 Å². The van der Waals surface area contributed by atoms with Crippen molar-refractivity contribution in [3.8, 4) is 22.5 Å². The van der Waals surface area contributed by atoms with Gasteiger partial charge in [0.15, 0.2) is 0 Å². The molecule has 2 fully saturated rings. The minimum Gasteiger partial charge on any atom is -0.437 e. The van der Waals surface area contributed by atoms with Crippen LogP contribution in [-0.4, -0.2) is 60.4 Å². The summed E-state index contributed by atoms with van der Waals surface area (Å²) in [4.78, 5) is 13.8. The number of fused-ring (bicyclic) bond motifs is 1. The van der Waals surface area contributed by atoms with Crippen LogP contribution in [0, 0.1) is 0 Å². The lowest BCUT2D eigenvalue weighted by atomic mass is 9.98. The van der Waals surface area contributed by atoms with Gasteiger partial charge in [0.1, 0.15) is 17.9 Å². The third kappa shape index (κ3) is 3.91. The molecule has 2 aromatic carbocycles. The van der Waals surface area contributed by atoms with E-state index in [4.69, 9.17) is 4.42 Å². The van der Waals surface area contributed by atoms with Crippen molar-refractivity contribution in [1.82, 2.24) is 15.3 Å². The zero-order valence-electron chi connectivity index (χ0n) is 19.2. The molecule has 174 valence electrons. The SMILES string of the molecule is OC1CCN(c2ncnc3oc(-c4ccc(N5CCNCC5)cc4)c(-c4ccccc4)c23)CC1. The van der Waals surface area contributed by atoms with Gasteiger partial charge >= 0.3 is 0 Å². The Morgan fingerprint density at radius 1 is 0.824 bits per heavy atom. The first-order valence-electron chi connectivity index (χ1n) is 12.1. The van der Waals surface area contributed by atoms with Crippen molar-refractivity contribution in [2.75, 3.05) is 49.1 Å². The van der Waals surface area contributed by atoms with Crippen LogP contribution >= 0.6 is 0 Å². The van der Waals surface area contributed by atoms with E-state index < -0.39 is 0 Å². The molecule has 0 unspecified atom stereocenters. The van der Waals surface area contributed by atoms with Crippen LogP contribution in [-0.2, 0) is 0 Å². The second-order valence-corrected chi connectivity index (χ2v) is 9.05. The van der Waals surface area contributed by atoms with Crippen molar-refractivity contribution >= 4 is 22.6 Å². The normalized spacial score (nSPS) is 17.4. The maximum absolute atomic E-state index is 10.0. The highest BCUT2D eigenvalue weighted by Crippen LogP contribution is 2.44. The highest BCUT2D eigenvalue weighted by Gasteiger charge is 2.26. The Morgan fingerprint density at radius 2 is 1.56 bits per heavy atom. The molecule has 2 N–H and O–H groups in total. The molecule has 4 heterocycles. The number of benzene rings is 2. The van der Waals surface area contributed by atoms with Crippen LogP contribution in [0.15, 0.2) is 65.3 Å². The first kappa shape index (κ1) is 21.1. The van der Waals surface area contributed by atoms with Crippen LogP contribution in [0.4, 0.5) is 11.5 Å². The summed E-state index contributed by atoms with van der Waals surface area (Å²) in [6, 6.07) is 19.0. The summed E-state index contributed by atoms with van der Waals surface area (Å²) in [5.74, 6) is 1.69. The topological polar surface area (TPSA) is 77.7 Å². The van der Waals surface area contributed by atoms with E-state index in [2.05, 4.69) is 61.5 Å². The molecule has 2 saturated heterocycles. The molecule has 7 nitrogen and oxygen atoms in total. The molecule has 0 bridgehead atoms. The Kier molecular flexibility index (Phi) is 5.65. The lowest BCUT2D eigenvalue weighted by Gasteiger charge is -2.30. The summed E-state index contributed by atoms with van der Waals surface area (Å²) in [5.41, 5.74) is 4.95. The molecule has 0 spiro atoms. The van der Waals surface area contributed by atoms with Crippen LogP contribution in [0.25, 0.3) is 33.6 Å². The summed E-state index contributed by atoms with van der Waals surface area (Å²) in [6.45, 7) is 5.59. The molecule has 4 aromatic rings. The lowest BCUT2D eigenvalue weighted by molar-refractivity contribution is 0.145. The minimum atomic E-state index is -0.240. The maximum atomic E-state index is 10.0. The van der Waals surface area contributed by atoms with Gasteiger partial charge in [-0.1, -0.05) is 30.3 Å². The van der Waals surface area contributed by atoms with Crippen molar-refractivity contribution in [3.05, 3.63) is 60.9 Å². The molecule has 6 rings (SSSR count). The number of anilines is 2. The van der Waals surface area contributed by atoms with Gasteiger partial charge in [-0.2, -0.15) is 0 Å². The number of furan rings is 1. The molecule has 2 aromatic heterocycles. The number of nitrogens with zero attached hydrogens (tertiary/aromatic N) is 4. The lowest BCUT2D eigenvalue weighted by Crippen LogP contribution is -2.43. The molecule has 0 atom stereocenters. The van der Waals surface area contributed by atoms with Gasteiger partial charge in [0.25, 0.3) is 0 Å². The molecule has 2 aliphatic heterocycles. The number of aliphatic hydroxyl groups is 1. The summed E-state index contributed by atoms with van der Waals surface area (Å²) in [6.07, 6.45) is 2.82. The zero-order chi connectivity index (χ0) is 22.9. The maximum Gasteiger partial charge on any atom is 0.232 e. The van der Waals surface area contributed by atoms with Gasteiger partial charge in [-0.05, 0) is 42.7 Å². The first-order valence-corrected chi connectivity index (χ1v) is 12.1. The van der Waals surface area contributed by atoms with E-state index >= 15 is 0 Å². The van der Waals surface area contributed by atoms with Gasteiger partial charge in [0.2, 0.25) is 5.71 Å². The van der Waals surface area contributed by atoms with Gasteiger partial charge in [0.05, 0.1) is 11.5 Å². The average Bonchev–Trinajstić information content (AvgIpc) is 3.30. The average molecular weight is 456 g/mol. The monoisotopic (exact) mass is 455 g/mol. The number of hydrogen-bond acceptors (Lipinski definition) is 7. The number of rotatable bonds is 4. The largest absolute Gasteiger partial charge is 0.437 e. The summed E-state index contributed by atoms with van der Waals surface area (Å²) >= 11 is 0. The van der Waals surface area contributed by atoms with Gasteiger partial charge < -0.3 is 24.6 Å². The third-order valence-corrected chi connectivity index (χ3v) is 6.91. The van der Waals surface area contributed by atoms with Gasteiger partial charge in [-0.25, -0.2) is 9.97 Å². The Bertz CT molecular complexity index is 1260. The predicted molar refractivity (Wildman–Crippen MR) is 135 cm³/mol. The van der Waals surface area contributed by atoms with Crippen LogP contribution < -0.4 is 15.1 Å². The summed E-state index contributed by atoms with van der Waals surface area (Å²) < 4.78 is 6.43. The minimum absolute atomic E-state index is 0.240. The Balaban J connectivity index is 1.47. The highest BCUT2D eigenvalue weighted by atomic mass is 16.3. The molecular weight excluding hydrogens is 426 g/mol. The van der Waals surface area contributed by atoms with Crippen LogP contribution in [0.1, 0.15) is 12.8 Å². The fraction of sp³-hybridized carbons (Fsp3) is 0.333. The summed E-state index contributed by atoms with van der Waals surface area (Å²) in [7, 11) is 0. The van der Waals surface area contributed by atoms with E-state index in [0.29, 0.717) is 5.71 Å². The quantitative estimate of drug-likeness (QED) is 0.483. The molecular formula is C27H29N5O2. The zero-order valence-corrected chi connectivity index (χ0v) is 19.2. The Hall–Kier alpha value is -3.42. The van der Waals surface area contributed by atoms with Gasteiger partial charge in [-0.15, -0.1) is 0 Å². The highest BCUT2D eigenvalue weighted by molar-refractivity contribution is 6.06. The standard InChI is InChI=1S/C27H29N5O2/c33-22-10-14-32(15-11-22)26-24-23(19-4-2-1-3-5-19)25(34-27(24)30-18-29-26)20-6-8-21(9-7-20)31-16-12-28-13-17-31/h1-9,18,22,28,33H,10-17H2. The van der Waals surface area contributed by atoms with E-state index in [1.807, 2.05) is 18.2 Å². The number of hydrogen-bond donors (Lipinski definition) is 2. The molecule has 0 saturated carbocycles. The second kappa shape index (κ2) is 9.08. The fourth-order valence-corrected chi connectivity index (χ4v) is 5.07. The number of piperidine rings is 1. The molecule has 7 heteroatoms. The number of aliphatic hydroxyl groups excluding tert-OH is 1. The molecule has 2 aliphatic rings. The Morgan fingerprint density at radius 3 is 2.29 bits per heavy atom. The van der Waals surface area contributed by atoms with Crippen molar-refractivity contribution in [1.29, 1.82) is 0 Å². The number of piperazine rings is 1. The second-order valence-electron chi connectivity index (χ2n) is 9.05. The van der Waals surface area contributed by atoms with E-state index in [0.717, 1.165) is 85.8 Å². The van der Waals surface area contributed by atoms with E-state index in [1.165, 1.54) is 5.69 Å². The molecule has 34 heavy (non-hydrogen) atoms. The predicted octanol–water partition coefficient (Wildman–Crippen LogP) is 3.93. The number of nitrogens with one attached hydrogen (secondary N) is 1. The number of aromatic nitrogens is 2. The van der Waals surface area contributed by atoms with Crippen LogP contribution in [0.5, 0.6) is 0 Å². The smallest absolute Gasteiger partial charge is 0.232 e. The fourth-order valence-electron chi connectivity index (χ4n) is 5.07. The Labute approximate surface area is 199 Å². The van der Waals surface area contributed by atoms with E-state index in [1.54, 1.807) is 6.33 Å². The summed E-state index contributed by atoms with van der Waals surface area (Å²) in [5, 5.41) is 14.4. The first-order chi connectivity index (χ1) is 16.8. The third-order valence-electron chi connectivity index (χ3n) is 6.91. The van der Waals surface area contributed by atoms with Crippen molar-refractivity contribution in [3.63, 3.8) is 0 Å². The molecule has 0 radical (unpaired) electrons. The van der Waals surface area contributed by atoms with Crippen LogP contribution in [0.2, 0.25) is 0 Å². The van der Waals surface area contributed by atoms with Crippen molar-refractivity contribution in [2.24, 2.45) is 0 Å². The van der Waals surface area contributed by atoms with Gasteiger partial charge in [-0.3, -0.25) is 0 Å². The van der Waals surface area contributed by atoms with Crippen molar-refractivity contribution in [2.45, 2.75) is 18.9 Å².